The number of ether oxygens (including phenoxy) is 1. The third kappa shape index (κ3) is 4.87. The maximum absolute atomic E-state index is 12.9. The molecule has 0 aliphatic heterocycles. The molecule has 3 aromatic carbocycles. The van der Waals surface area contributed by atoms with E-state index in [4.69, 9.17) is 16.3 Å². The molecule has 0 atom stereocenters. The summed E-state index contributed by atoms with van der Waals surface area (Å²) in [6.07, 6.45) is 1.29. The molecule has 0 unspecified atom stereocenters. The summed E-state index contributed by atoms with van der Waals surface area (Å²) in [5.74, 6) is -0.319. The lowest BCUT2D eigenvalue weighted by Crippen LogP contribution is -2.28. The second-order valence-electron chi connectivity index (χ2n) is 7.19. The Morgan fingerprint density at radius 3 is 2.56 bits per heavy atom. The van der Waals surface area contributed by atoms with Gasteiger partial charge in [0.15, 0.2) is 0 Å². The van der Waals surface area contributed by atoms with Crippen LogP contribution >= 0.6 is 11.6 Å². The fraction of sp³-hybridized carbons (Fsp3) is 0.0870. The normalized spacial score (nSPS) is 11.2. The number of para-hydroxylation sites is 2. The first-order valence-electron chi connectivity index (χ1n) is 9.98. The molecule has 2 N–H and O–H groups in total. The van der Waals surface area contributed by atoms with Gasteiger partial charge in [0.2, 0.25) is 5.91 Å². The summed E-state index contributed by atoms with van der Waals surface area (Å²) in [7, 11) is -2.63. The van der Waals surface area contributed by atoms with Crippen molar-refractivity contribution < 1.29 is 17.9 Å². The van der Waals surface area contributed by atoms with Crippen LogP contribution in [0.3, 0.4) is 0 Å². The minimum atomic E-state index is -4.02. The van der Waals surface area contributed by atoms with Crippen LogP contribution in [0.1, 0.15) is 0 Å². The minimum absolute atomic E-state index is 0.118. The summed E-state index contributed by atoms with van der Waals surface area (Å²) in [6, 6.07) is 17.2. The van der Waals surface area contributed by atoms with E-state index in [1.807, 2.05) is 0 Å². The van der Waals surface area contributed by atoms with Crippen molar-refractivity contribution in [1.82, 2.24) is 9.55 Å². The average molecular weight is 499 g/mol. The fourth-order valence-electron chi connectivity index (χ4n) is 3.26. The maximum Gasteiger partial charge on any atom is 0.262 e. The highest BCUT2D eigenvalue weighted by molar-refractivity contribution is 7.92. The van der Waals surface area contributed by atoms with E-state index in [9.17, 15) is 18.0 Å². The number of aromatic nitrogens is 2. The van der Waals surface area contributed by atoms with Crippen LogP contribution in [0.5, 0.6) is 5.75 Å². The van der Waals surface area contributed by atoms with E-state index < -0.39 is 15.9 Å². The predicted molar refractivity (Wildman–Crippen MR) is 130 cm³/mol. The van der Waals surface area contributed by atoms with E-state index in [1.165, 1.54) is 42.3 Å². The fourth-order valence-corrected chi connectivity index (χ4v) is 4.61. The lowest BCUT2D eigenvalue weighted by atomic mass is 10.2. The van der Waals surface area contributed by atoms with Crippen LogP contribution in [0.25, 0.3) is 10.9 Å². The Morgan fingerprint density at radius 2 is 1.79 bits per heavy atom. The van der Waals surface area contributed by atoms with Gasteiger partial charge in [0.25, 0.3) is 15.6 Å². The molecular weight excluding hydrogens is 480 g/mol. The number of hydrogen-bond acceptors (Lipinski definition) is 6. The molecule has 174 valence electrons. The summed E-state index contributed by atoms with van der Waals surface area (Å²) in [4.78, 5) is 29.4. The Hall–Kier alpha value is -3.89. The van der Waals surface area contributed by atoms with E-state index in [0.717, 1.165) is 0 Å². The van der Waals surface area contributed by atoms with Crippen LogP contribution < -0.4 is 20.3 Å². The van der Waals surface area contributed by atoms with Gasteiger partial charge >= 0.3 is 0 Å². The highest BCUT2D eigenvalue weighted by atomic mass is 35.5. The van der Waals surface area contributed by atoms with E-state index in [2.05, 4.69) is 15.0 Å². The van der Waals surface area contributed by atoms with E-state index in [1.54, 1.807) is 42.5 Å². The van der Waals surface area contributed by atoms with Crippen molar-refractivity contribution in [3.8, 4) is 5.75 Å². The zero-order valence-electron chi connectivity index (χ0n) is 17.9. The predicted octanol–water partition coefficient (Wildman–Crippen LogP) is 3.50. The zero-order chi connectivity index (χ0) is 24.3. The lowest BCUT2D eigenvalue weighted by Gasteiger charge is -2.14. The third-order valence-electron chi connectivity index (χ3n) is 4.92. The van der Waals surface area contributed by atoms with Gasteiger partial charge in [0.1, 0.15) is 12.3 Å². The van der Waals surface area contributed by atoms with Gasteiger partial charge in [-0.3, -0.25) is 18.9 Å². The minimum Gasteiger partial charge on any atom is -0.495 e. The molecule has 0 spiro atoms. The van der Waals surface area contributed by atoms with Crippen molar-refractivity contribution in [3.05, 3.63) is 88.4 Å². The van der Waals surface area contributed by atoms with Crippen LogP contribution in [0.15, 0.2) is 82.7 Å². The van der Waals surface area contributed by atoms with Gasteiger partial charge in [-0.05, 0) is 42.5 Å². The van der Waals surface area contributed by atoms with Gasteiger partial charge in [-0.2, -0.15) is 0 Å². The number of carbonyl (C=O) groups is 1. The average Bonchev–Trinajstić information content (AvgIpc) is 2.82. The highest BCUT2D eigenvalue weighted by Crippen LogP contribution is 2.30. The van der Waals surface area contributed by atoms with Crippen molar-refractivity contribution in [1.29, 1.82) is 0 Å². The monoisotopic (exact) mass is 498 g/mol. The van der Waals surface area contributed by atoms with Gasteiger partial charge < -0.3 is 10.1 Å². The van der Waals surface area contributed by atoms with Crippen LogP contribution in [0, 0.1) is 0 Å². The number of rotatable bonds is 7. The molecule has 4 aromatic rings. The standard InChI is InChI=1S/C23H19ClN4O5S/c1-33-21-11-10-15(34(31,32)27-19-9-5-3-7-17(19)24)12-20(21)26-22(29)13-28-14-25-18-8-4-2-6-16(18)23(28)30/h2-12,14,27H,13H2,1H3,(H,26,29). The van der Waals surface area contributed by atoms with Gasteiger partial charge in [-0.25, -0.2) is 13.4 Å². The Labute approximate surface area is 200 Å². The van der Waals surface area contributed by atoms with Gasteiger partial charge in [-0.15, -0.1) is 0 Å². The molecule has 4 rings (SSSR count). The molecular formula is C23H19ClN4O5S. The second kappa shape index (κ2) is 9.54. The summed E-state index contributed by atoms with van der Waals surface area (Å²) in [5.41, 5.74) is 0.493. The Bertz CT molecular complexity index is 1550. The second-order valence-corrected chi connectivity index (χ2v) is 9.28. The van der Waals surface area contributed by atoms with Crippen molar-refractivity contribution in [3.63, 3.8) is 0 Å². The molecule has 34 heavy (non-hydrogen) atoms. The van der Waals surface area contributed by atoms with E-state index in [-0.39, 0.29) is 39.1 Å². The van der Waals surface area contributed by atoms with Crippen molar-refractivity contribution in [2.24, 2.45) is 0 Å². The number of amides is 1. The molecule has 0 fully saturated rings. The topological polar surface area (TPSA) is 119 Å². The zero-order valence-corrected chi connectivity index (χ0v) is 19.4. The number of nitrogens with one attached hydrogen (secondary N) is 2. The lowest BCUT2D eigenvalue weighted by molar-refractivity contribution is -0.116. The number of nitrogens with zero attached hydrogens (tertiary/aromatic N) is 2. The molecule has 1 amide bonds. The Morgan fingerprint density at radius 1 is 1.06 bits per heavy atom. The summed E-state index contributed by atoms with van der Waals surface area (Å²) in [6.45, 7) is -0.325. The molecule has 0 radical (unpaired) electrons. The van der Waals surface area contributed by atoms with Crippen molar-refractivity contribution >= 4 is 49.8 Å². The van der Waals surface area contributed by atoms with Gasteiger partial charge in [-0.1, -0.05) is 35.9 Å². The number of methoxy groups -OCH3 is 1. The number of fused-ring (bicyclic) bond motifs is 1. The largest absolute Gasteiger partial charge is 0.495 e. The SMILES string of the molecule is COc1ccc(S(=O)(=O)Nc2ccccc2Cl)cc1NC(=O)Cn1cnc2ccccc2c1=O. The van der Waals surface area contributed by atoms with Crippen LogP contribution in [-0.2, 0) is 21.4 Å². The molecule has 0 saturated heterocycles. The summed E-state index contributed by atoms with van der Waals surface area (Å²) >= 11 is 6.05. The van der Waals surface area contributed by atoms with E-state index in [0.29, 0.717) is 10.9 Å². The Kier molecular flexibility index (Phi) is 6.53. The van der Waals surface area contributed by atoms with Gasteiger partial charge in [0.05, 0.1) is 45.6 Å². The number of sulfonamides is 1. The molecule has 1 aromatic heterocycles. The van der Waals surface area contributed by atoms with Crippen molar-refractivity contribution in [2.45, 2.75) is 11.4 Å². The number of hydrogen-bond donors (Lipinski definition) is 2. The van der Waals surface area contributed by atoms with Crippen molar-refractivity contribution in [2.75, 3.05) is 17.1 Å². The third-order valence-corrected chi connectivity index (χ3v) is 6.61. The first-order chi connectivity index (χ1) is 16.3. The number of carbonyl (C=O) groups excluding carboxylic acids is 1. The molecule has 11 heteroatoms. The van der Waals surface area contributed by atoms with Crippen LogP contribution in [0.4, 0.5) is 11.4 Å². The molecule has 9 nitrogen and oxygen atoms in total. The van der Waals surface area contributed by atoms with Crippen LogP contribution in [-0.4, -0.2) is 31.0 Å². The van der Waals surface area contributed by atoms with Crippen LogP contribution in [0.2, 0.25) is 5.02 Å². The smallest absolute Gasteiger partial charge is 0.262 e. The first-order valence-corrected chi connectivity index (χ1v) is 11.8. The number of anilines is 2. The number of benzene rings is 3. The summed E-state index contributed by atoms with van der Waals surface area (Å²) < 4.78 is 34.6. The quantitative estimate of drug-likeness (QED) is 0.402. The number of halogens is 1. The molecule has 0 aliphatic rings. The van der Waals surface area contributed by atoms with E-state index >= 15 is 0 Å². The summed E-state index contributed by atoms with van der Waals surface area (Å²) in [5, 5.41) is 3.23. The highest BCUT2D eigenvalue weighted by Gasteiger charge is 2.19. The molecule has 1 heterocycles. The molecule has 0 saturated carbocycles. The Balaban J connectivity index is 1.59. The maximum atomic E-state index is 12.9. The molecule has 0 aliphatic carbocycles. The van der Waals surface area contributed by atoms with Gasteiger partial charge in [0, 0.05) is 0 Å². The first kappa shape index (κ1) is 23.3. The molecule has 0 bridgehead atoms.